The summed E-state index contributed by atoms with van der Waals surface area (Å²) in [6.07, 6.45) is 0. The van der Waals surface area contributed by atoms with Gasteiger partial charge in [0, 0.05) is 23.0 Å². The molecule has 0 bridgehead atoms. The van der Waals surface area contributed by atoms with Gasteiger partial charge >= 0.3 is 0 Å². The zero-order valence-corrected chi connectivity index (χ0v) is 15.3. The molecule has 4 heteroatoms. The minimum absolute atomic E-state index is 0.0353. The van der Waals surface area contributed by atoms with Gasteiger partial charge < -0.3 is 10.6 Å². The van der Waals surface area contributed by atoms with E-state index < -0.39 is 0 Å². The molecule has 0 saturated carbocycles. The number of benzene rings is 1. The second-order valence-electron chi connectivity index (χ2n) is 8.05. The number of rotatable bonds is 3. The highest BCUT2D eigenvalue weighted by Gasteiger charge is 2.14. The molecule has 0 saturated heterocycles. The highest BCUT2D eigenvalue weighted by atomic mass is 15.2. The second kappa shape index (κ2) is 6.19. The Morgan fingerprint density at radius 3 is 2.00 bits per heavy atom. The first kappa shape index (κ1) is 17.3. The fraction of sp³-hybridized carbons (Fsp3) is 0.474. The average Bonchev–Trinajstić information content (AvgIpc) is 2.35. The zero-order chi connectivity index (χ0) is 17.3. The third kappa shape index (κ3) is 5.23. The molecule has 0 atom stereocenters. The fourth-order valence-electron chi connectivity index (χ4n) is 2.26. The van der Waals surface area contributed by atoms with Crippen molar-refractivity contribution in [2.75, 3.05) is 10.6 Å². The first-order valence-electron chi connectivity index (χ1n) is 8.04. The van der Waals surface area contributed by atoms with Crippen molar-refractivity contribution in [1.82, 2.24) is 9.97 Å². The van der Waals surface area contributed by atoms with Crippen molar-refractivity contribution >= 4 is 17.5 Å². The van der Waals surface area contributed by atoms with E-state index in [1.54, 1.807) is 0 Å². The highest BCUT2D eigenvalue weighted by molar-refractivity contribution is 5.56. The van der Waals surface area contributed by atoms with Gasteiger partial charge in [0.2, 0.25) is 5.95 Å². The van der Waals surface area contributed by atoms with Crippen LogP contribution in [0.3, 0.4) is 0 Å². The molecule has 0 aliphatic carbocycles. The SMILES string of the molecule is Cc1cc(NC(C)(C)C)nc(Nc2ccc(C(C)(C)C)cc2)n1. The van der Waals surface area contributed by atoms with Crippen LogP contribution in [0.25, 0.3) is 0 Å². The van der Waals surface area contributed by atoms with Gasteiger partial charge in [0.05, 0.1) is 0 Å². The van der Waals surface area contributed by atoms with Crippen molar-refractivity contribution in [2.45, 2.75) is 59.4 Å². The first-order chi connectivity index (χ1) is 10.5. The predicted molar refractivity (Wildman–Crippen MR) is 98.6 cm³/mol. The smallest absolute Gasteiger partial charge is 0.229 e. The van der Waals surface area contributed by atoms with E-state index in [9.17, 15) is 0 Å². The molecule has 0 aliphatic heterocycles. The molecule has 0 radical (unpaired) electrons. The molecule has 2 N–H and O–H groups in total. The van der Waals surface area contributed by atoms with Crippen molar-refractivity contribution in [3.8, 4) is 0 Å². The van der Waals surface area contributed by atoms with E-state index >= 15 is 0 Å². The van der Waals surface area contributed by atoms with E-state index in [4.69, 9.17) is 0 Å². The summed E-state index contributed by atoms with van der Waals surface area (Å²) in [6, 6.07) is 10.4. The lowest BCUT2D eigenvalue weighted by molar-refractivity contribution is 0.590. The van der Waals surface area contributed by atoms with E-state index in [1.807, 2.05) is 13.0 Å². The van der Waals surface area contributed by atoms with Crippen LogP contribution in [0.4, 0.5) is 17.5 Å². The Morgan fingerprint density at radius 1 is 0.870 bits per heavy atom. The van der Waals surface area contributed by atoms with Crippen LogP contribution in [0.2, 0.25) is 0 Å². The number of aryl methyl sites for hydroxylation is 1. The van der Waals surface area contributed by atoms with Crippen LogP contribution in [-0.2, 0) is 5.41 Å². The van der Waals surface area contributed by atoms with E-state index in [0.29, 0.717) is 5.95 Å². The summed E-state index contributed by atoms with van der Waals surface area (Å²) in [4.78, 5) is 9.02. The molecular weight excluding hydrogens is 284 g/mol. The predicted octanol–water partition coefficient (Wildman–Crippen LogP) is 5.04. The summed E-state index contributed by atoms with van der Waals surface area (Å²) in [5, 5.41) is 6.67. The zero-order valence-electron chi connectivity index (χ0n) is 15.3. The molecule has 1 aromatic heterocycles. The van der Waals surface area contributed by atoms with Crippen LogP contribution in [0.5, 0.6) is 0 Å². The molecule has 1 heterocycles. The highest BCUT2D eigenvalue weighted by Crippen LogP contribution is 2.24. The molecule has 0 unspecified atom stereocenters. The van der Waals surface area contributed by atoms with Crippen molar-refractivity contribution in [3.05, 3.63) is 41.6 Å². The third-order valence-corrected chi connectivity index (χ3v) is 3.36. The molecule has 4 nitrogen and oxygen atoms in total. The first-order valence-corrected chi connectivity index (χ1v) is 8.04. The van der Waals surface area contributed by atoms with E-state index in [1.165, 1.54) is 5.56 Å². The number of nitrogens with zero attached hydrogens (tertiary/aromatic N) is 2. The van der Waals surface area contributed by atoms with Crippen LogP contribution in [-0.4, -0.2) is 15.5 Å². The number of aromatic nitrogens is 2. The Balaban J connectivity index is 2.20. The molecule has 1 aromatic carbocycles. The maximum atomic E-state index is 4.55. The molecule has 0 amide bonds. The van der Waals surface area contributed by atoms with Crippen LogP contribution in [0.1, 0.15) is 52.8 Å². The summed E-state index contributed by atoms with van der Waals surface area (Å²) in [5.74, 6) is 1.44. The van der Waals surface area contributed by atoms with Gasteiger partial charge in [0.25, 0.3) is 0 Å². The van der Waals surface area contributed by atoms with Gasteiger partial charge in [-0.25, -0.2) is 4.98 Å². The summed E-state index contributed by atoms with van der Waals surface area (Å²) in [6.45, 7) is 15.0. The monoisotopic (exact) mass is 312 g/mol. The quantitative estimate of drug-likeness (QED) is 0.834. The molecule has 23 heavy (non-hydrogen) atoms. The topological polar surface area (TPSA) is 49.8 Å². The van der Waals surface area contributed by atoms with Gasteiger partial charge in [-0.15, -0.1) is 0 Å². The van der Waals surface area contributed by atoms with Crippen LogP contribution < -0.4 is 10.6 Å². The van der Waals surface area contributed by atoms with E-state index in [2.05, 4.69) is 86.4 Å². The molecule has 124 valence electrons. The van der Waals surface area contributed by atoms with Crippen molar-refractivity contribution in [2.24, 2.45) is 0 Å². The lowest BCUT2D eigenvalue weighted by atomic mass is 9.87. The number of hydrogen-bond donors (Lipinski definition) is 2. The van der Waals surface area contributed by atoms with Gasteiger partial charge in [0.1, 0.15) is 5.82 Å². The summed E-state index contributed by atoms with van der Waals surface area (Å²) < 4.78 is 0. The number of hydrogen-bond acceptors (Lipinski definition) is 4. The van der Waals surface area contributed by atoms with Gasteiger partial charge in [-0.3, -0.25) is 0 Å². The average molecular weight is 312 g/mol. The minimum Gasteiger partial charge on any atom is -0.365 e. The summed E-state index contributed by atoms with van der Waals surface area (Å²) in [7, 11) is 0. The number of anilines is 3. The third-order valence-electron chi connectivity index (χ3n) is 3.36. The van der Waals surface area contributed by atoms with Gasteiger partial charge in [-0.05, 0) is 50.8 Å². The van der Waals surface area contributed by atoms with E-state index in [0.717, 1.165) is 17.2 Å². The van der Waals surface area contributed by atoms with Gasteiger partial charge in [0.15, 0.2) is 0 Å². The Kier molecular flexibility index (Phi) is 4.64. The maximum Gasteiger partial charge on any atom is 0.229 e. The molecule has 0 fully saturated rings. The fourth-order valence-corrected chi connectivity index (χ4v) is 2.26. The number of nitrogens with one attached hydrogen (secondary N) is 2. The van der Waals surface area contributed by atoms with Crippen LogP contribution in [0, 0.1) is 6.92 Å². The lowest BCUT2D eigenvalue weighted by Crippen LogP contribution is -2.27. The van der Waals surface area contributed by atoms with Crippen molar-refractivity contribution in [1.29, 1.82) is 0 Å². The largest absolute Gasteiger partial charge is 0.365 e. The Labute approximate surface area is 139 Å². The lowest BCUT2D eigenvalue weighted by Gasteiger charge is -2.22. The minimum atomic E-state index is -0.0353. The van der Waals surface area contributed by atoms with Crippen LogP contribution >= 0.6 is 0 Å². The molecule has 0 aliphatic rings. The van der Waals surface area contributed by atoms with Crippen molar-refractivity contribution < 1.29 is 0 Å². The standard InChI is InChI=1S/C19H28N4/c1-13-12-16(23-19(5,6)7)22-17(20-13)21-15-10-8-14(9-11-15)18(2,3)4/h8-12H,1-7H3,(H2,20,21,22,23). The Hall–Kier alpha value is -2.10. The Morgan fingerprint density at radius 2 is 1.48 bits per heavy atom. The summed E-state index contributed by atoms with van der Waals surface area (Å²) >= 11 is 0. The van der Waals surface area contributed by atoms with Gasteiger partial charge in [-0.2, -0.15) is 4.98 Å². The molecule has 2 aromatic rings. The molecule has 0 spiro atoms. The second-order valence-corrected chi connectivity index (χ2v) is 8.05. The molecular formula is C19H28N4. The normalized spacial score (nSPS) is 12.1. The maximum absolute atomic E-state index is 4.55. The Bertz CT molecular complexity index is 661. The van der Waals surface area contributed by atoms with Crippen LogP contribution in [0.15, 0.2) is 30.3 Å². The van der Waals surface area contributed by atoms with Gasteiger partial charge in [-0.1, -0.05) is 32.9 Å². The molecule has 2 rings (SSSR count). The van der Waals surface area contributed by atoms with Crippen molar-refractivity contribution in [3.63, 3.8) is 0 Å². The van der Waals surface area contributed by atoms with E-state index in [-0.39, 0.29) is 11.0 Å². The summed E-state index contributed by atoms with van der Waals surface area (Å²) in [5.41, 5.74) is 3.35.